The van der Waals surface area contributed by atoms with Crippen molar-refractivity contribution in [1.29, 1.82) is 0 Å². The van der Waals surface area contributed by atoms with Crippen molar-refractivity contribution in [3.8, 4) is 0 Å². The molecule has 3 heterocycles. The summed E-state index contributed by atoms with van der Waals surface area (Å²) in [7, 11) is 0. The molecule has 1 amide bonds. The Kier molecular flexibility index (Phi) is 5.90. The lowest BCUT2D eigenvalue weighted by molar-refractivity contribution is -0.124. The van der Waals surface area contributed by atoms with Crippen LogP contribution in [0.3, 0.4) is 0 Å². The van der Waals surface area contributed by atoms with E-state index in [1.54, 1.807) is 0 Å². The normalized spacial score (nSPS) is 17.3. The molecule has 1 atom stereocenters. The highest BCUT2D eigenvalue weighted by atomic mass is 16.1. The summed E-state index contributed by atoms with van der Waals surface area (Å²) in [5.74, 6) is 1.45. The average Bonchev–Trinajstić information content (AvgIpc) is 3.36. The highest BCUT2D eigenvalue weighted by molar-refractivity contribution is 5.83. The minimum Gasteiger partial charge on any atom is -0.361 e. The summed E-state index contributed by atoms with van der Waals surface area (Å²) >= 11 is 0. The third kappa shape index (κ3) is 4.65. The monoisotopic (exact) mass is 391 g/mol. The van der Waals surface area contributed by atoms with E-state index in [1.807, 2.05) is 30.7 Å². The molecule has 6 heteroatoms. The molecule has 6 nitrogen and oxygen atoms in total. The Morgan fingerprint density at radius 2 is 2.07 bits per heavy atom. The molecule has 152 valence electrons. The van der Waals surface area contributed by atoms with E-state index in [0.717, 1.165) is 49.4 Å². The van der Waals surface area contributed by atoms with E-state index >= 15 is 0 Å². The molecule has 1 aromatic carbocycles. The Bertz CT molecular complexity index is 963. The Morgan fingerprint density at radius 3 is 2.86 bits per heavy atom. The molecule has 2 N–H and O–H groups in total. The first-order valence-corrected chi connectivity index (χ1v) is 10.5. The summed E-state index contributed by atoms with van der Waals surface area (Å²) in [5.41, 5.74) is 3.50. The highest BCUT2D eigenvalue weighted by Crippen LogP contribution is 2.20. The third-order valence-electron chi connectivity index (χ3n) is 5.66. The van der Waals surface area contributed by atoms with Gasteiger partial charge in [0.25, 0.3) is 0 Å². The molecule has 0 unspecified atom stereocenters. The standard InChI is InChI=1S/C23H29N5O/c1-16(2)22-26-11-17(12-27-22)14-28-10-8-19(15-28)23(29)24-9-7-18-13-25-21-6-4-3-5-20(18)21/h3-6,11-13,16,19,25H,7-10,14-15H2,1-2H3,(H,24,29)/t19-/m0/s1. The summed E-state index contributed by atoms with van der Waals surface area (Å²) in [6, 6.07) is 8.27. The largest absolute Gasteiger partial charge is 0.361 e. The number of carbonyl (C=O) groups is 1. The molecule has 29 heavy (non-hydrogen) atoms. The number of likely N-dealkylation sites (tertiary alicyclic amines) is 1. The molecule has 1 aliphatic heterocycles. The predicted octanol–water partition coefficient (Wildman–Crippen LogP) is 3.26. The topological polar surface area (TPSA) is 73.9 Å². The van der Waals surface area contributed by atoms with E-state index in [-0.39, 0.29) is 11.8 Å². The van der Waals surface area contributed by atoms with Crippen molar-refractivity contribution in [2.75, 3.05) is 19.6 Å². The van der Waals surface area contributed by atoms with E-state index in [0.29, 0.717) is 12.5 Å². The van der Waals surface area contributed by atoms with Crippen LogP contribution >= 0.6 is 0 Å². The van der Waals surface area contributed by atoms with Gasteiger partial charge in [-0.3, -0.25) is 9.69 Å². The first kappa shape index (κ1) is 19.6. The fourth-order valence-electron chi connectivity index (χ4n) is 4.00. The number of hydrogen-bond donors (Lipinski definition) is 2. The van der Waals surface area contributed by atoms with Gasteiger partial charge < -0.3 is 10.3 Å². The van der Waals surface area contributed by atoms with Crippen LogP contribution in [-0.4, -0.2) is 45.4 Å². The molecule has 0 spiro atoms. The van der Waals surface area contributed by atoms with Gasteiger partial charge in [-0.05, 0) is 31.0 Å². The second-order valence-electron chi connectivity index (χ2n) is 8.23. The van der Waals surface area contributed by atoms with Crippen LogP contribution in [0.1, 0.15) is 43.1 Å². The SMILES string of the molecule is CC(C)c1ncc(CN2CC[C@H](C(=O)NCCc3c[nH]c4ccccc34)C2)cn1. The van der Waals surface area contributed by atoms with Gasteiger partial charge in [-0.25, -0.2) is 9.97 Å². The van der Waals surface area contributed by atoms with Crippen molar-refractivity contribution in [1.82, 2.24) is 25.2 Å². The van der Waals surface area contributed by atoms with Gasteiger partial charge >= 0.3 is 0 Å². The Hall–Kier alpha value is -2.73. The number of nitrogens with zero attached hydrogens (tertiary/aromatic N) is 3. The van der Waals surface area contributed by atoms with Gasteiger partial charge in [0.15, 0.2) is 0 Å². The number of amides is 1. The highest BCUT2D eigenvalue weighted by Gasteiger charge is 2.28. The lowest BCUT2D eigenvalue weighted by atomic mass is 10.1. The molecule has 0 bridgehead atoms. The van der Waals surface area contributed by atoms with E-state index < -0.39 is 0 Å². The summed E-state index contributed by atoms with van der Waals surface area (Å²) in [6.45, 7) is 7.39. The van der Waals surface area contributed by atoms with Crippen LogP contribution in [0.15, 0.2) is 42.9 Å². The molecule has 2 aromatic heterocycles. The molecule has 1 saturated heterocycles. The van der Waals surface area contributed by atoms with E-state index in [2.05, 4.69) is 51.1 Å². The third-order valence-corrected chi connectivity index (χ3v) is 5.66. The number of para-hydroxylation sites is 1. The molecule has 4 rings (SSSR count). The maximum atomic E-state index is 12.6. The van der Waals surface area contributed by atoms with E-state index in [4.69, 9.17) is 0 Å². The lowest BCUT2D eigenvalue weighted by Gasteiger charge is -2.16. The van der Waals surface area contributed by atoms with Crippen molar-refractivity contribution in [2.45, 2.75) is 39.2 Å². The van der Waals surface area contributed by atoms with Gasteiger partial charge in [0.1, 0.15) is 5.82 Å². The van der Waals surface area contributed by atoms with Crippen LogP contribution in [-0.2, 0) is 17.8 Å². The zero-order valence-corrected chi connectivity index (χ0v) is 17.2. The quantitative estimate of drug-likeness (QED) is 0.648. The van der Waals surface area contributed by atoms with Crippen LogP contribution < -0.4 is 5.32 Å². The molecular formula is C23H29N5O. The maximum absolute atomic E-state index is 12.6. The van der Waals surface area contributed by atoms with Crippen molar-refractivity contribution >= 4 is 16.8 Å². The number of rotatable bonds is 7. The number of fused-ring (bicyclic) bond motifs is 1. The summed E-state index contributed by atoms with van der Waals surface area (Å²) in [6.07, 6.45) is 7.62. The Labute approximate surface area is 171 Å². The molecule has 1 aliphatic rings. The van der Waals surface area contributed by atoms with Crippen LogP contribution in [0.5, 0.6) is 0 Å². The van der Waals surface area contributed by atoms with Crippen LogP contribution in [0.2, 0.25) is 0 Å². The Balaban J connectivity index is 1.24. The molecule has 0 saturated carbocycles. The molecule has 1 fully saturated rings. The van der Waals surface area contributed by atoms with Crippen LogP contribution in [0.4, 0.5) is 0 Å². The van der Waals surface area contributed by atoms with E-state index in [1.165, 1.54) is 10.9 Å². The number of aromatic amines is 1. The molecular weight excluding hydrogens is 362 g/mol. The second-order valence-corrected chi connectivity index (χ2v) is 8.23. The fraction of sp³-hybridized carbons (Fsp3) is 0.435. The summed E-state index contributed by atoms with van der Waals surface area (Å²) < 4.78 is 0. The van der Waals surface area contributed by atoms with Gasteiger partial charge in [0, 0.05) is 60.6 Å². The fourth-order valence-corrected chi connectivity index (χ4v) is 4.00. The van der Waals surface area contributed by atoms with Crippen molar-refractivity contribution in [3.05, 3.63) is 59.8 Å². The Morgan fingerprint density at radius 1 is 1.28 bits per heavy atom. The zero-order chi connectivity index (χ0) is 20.2. The van der Waals surface area contributed by atoms with Gasteiger partial charge in [-0.1, -0.05) is 32.0 Å². The average molecular weight is 392 g/mol. The number of hydrogen-bond acceptors (Lipinski definition) is 4. The summed E-state index contributed by atoms with van der Waals surface area (Å²) in [4.78, 5) is 27.1. The van der Waals surface area contributed by atoms with Crippen LogP contribution in [0.25, 0.3) is 10.9 Å². The second kappa shape index (κ2) is 8.74. The minimum absolute atomic E-state index is 0.0637. The number of carbonyl (C=O) groups excluding carboxylic acids is 1. The van der Waals surface area contributed by atoms with Crippen LogP contribution in [0, 0.1) is 5.92 Å². The zero-order valence-electron chi connectivity index (χ0n) is 17.2. The number of H-pyrrole nitrogens is 1. The lowest BCUT2D eigenvalue weighted by Crippen LogP contribution is -2.34. The van der Waals surface area contributed by atoms with Crippen molar-refractivity contribution in [3.63, 3.8) is 0 Å². The van der Waals surface area contributed by atoms with Crippen molar-refractivity contribution < 1.29 is 4.79 Å². The first-order chi connectivity index (χ1) is 14.1. The van der Waals surface area contributed by atoms with Gasteiger partial charge in [0.2, 0.25) is 5.91 Å². The maximum Gasteiger partial charge on any atom is 0.224 e. The molecule has 3 aromatic rings. The van der Waals surface area contributed by atoms with E-state index in [9.17, 15) is 4.79 Å². The molecule has 0 radical (unpaired) electrons. The molecule has 0 aliphatic carbocycles. The summed E-state index contributed by atoms with van der Waals surface area (Å²) in [5, 5.41) is 4.36. The predicted molar refractivity (Wildman–Crippen MR) is 115 cm³/mol. The van der Waals surface area contributed by atoms with Gasteiger partial charge in [0.05, 0.1) is 5.92 Å². The van der Waals surface area contributed by atoms with Gasteiger partial charge in [-0.2, -0.15) is 0 Å². The van der Waals surface area contributed by atoms with Crippen molar-refractivity contribution in [2.24, 2.45) is 5.92 Å². The van der Waals surface area contributed by atoms with Gasteiger partial charge in [-0.15, -0.1) is 0 Å². The number of benzene rings is 1. The number of nitrogens with one attached hydrogen (secondary N) is 2. The number of aromatic nitrogens is 3. The smallest absolute Gasteiger partial charge is 0.224 e. The minimum atomic E-state index is 0.0637. The first-order valence-electron chi connectivity index (χ1n) is 10.5.